The van der Waals surface area contributed by atoms with Gasteiger partial charge in [-0.2, -0.15) is 0 Å². The second-order valence-electron chi connectivity index (χ2n) is 8.01. The van der Waals surface area contributed by atoms with Gasteiger partial charge < -0.3 is 10.2 Å². The van der Waals surface area contributed by atoms with E-state index in [0.29, 0.717) is 17.0 Å². The lowest BCUT2D eigenvalue weighted by molar-refractivity contribution is -0.139. The van der Waals surface area contributed by atoms with Crippen LogP contribution in [-0.2, 0) is 26.2 Å². The number of nitrogens with zero attached hydrogens (tertiary/aromatic N) is 2. The van der Waals surface area contributed by atoms with E-state index in [9.17, 15) is 22.4 Å². The zero-order valence-electron chi connectivity index (χ0n) is 19.4. The van der Waals surface area contributed by atoms with Crippen LogP contribution < -0.4 is 9.62 Å². The molecule has 0 fully saturated rings. The number of sulfonamides is 1. The Balaban J connectivity index is 2.40. The van der Waals surface area contributed by atoms with E-state index in [-0.39, 0.29) is 29.2 Å². The quantitative estimate of drug-likeness (QED) is 0.496. The number of halogens is 3. The van der Waals surface area contributed by atoms with E-state index >= 15 is 0 Å². The number of hydrogen-bond acceptors (Lipinski definition) is 4. The van der Waals surface area contributed by atoms with Crippen LogP contribution >= 0.6 is 23.2 Å². The van der Waals surface area contributed by atoms with Gasteiger partial charge in [0.05, 0.1) is 22.0 Å². The van der Waals surface area contributed by atoms with Gasteiger partial charge in [-0.1, -0.05) is 36.2 Å². The van der Waals surface area contributed by atoms with Gasteiger partial charge in [0.15, 0.2) is 0 Å². The normalized spacial score (nSPS) is 13.1. The Morgan fingerprint density at radius 2 is 1.68 bits per heavy atom. The van der Waals surface area contributed by atoms with Crippen LogP contribution in [0.1, 0.15) is 32.8 Å². The first-order valence-electron chi connectivity index (χ1n) is 10.6. The largest absolute Gasteiger partial charge is 0.352 e. The van der Waals surface area contributed by atoms with Gasteiger partial charge >= 0.3 is 0 Å². The van der Waals surface area contributed by atoms with E-state index in [4.69, 9.17) is 23.2 Å². The molecule has 11 heteroatoms. The Bertz CT molecular complexity index is 1130. The first-order valence-corrected chi connectivity index (χ1v) is 13.2. The molecule has 2 aromatic carbocycles. The van der Waals surface area contributed by atoms with E-state index in [1.54, 1.807) is 25.1 Å². The zero-order chi connectivity index (χ0) is 25.6. The molecule has 2 rings (SSSR count). The smallest absolute Gasteiger partial charge is 0.244 e. The summed E-state index contributed by atoms with van der Waals surface area (Å²) in [5, 5.41) is 3.46. The third-order valence-electron chi connectivity index (χ3n) is 5.30. The molecule has 34 heavy (non-hydrogen) atoms. The average Bonchev–Trinajstić information content (AvgIpc) is 2.77. The van der Waals surface area contributed by atoms with E-state index in [1.165, 1.54) is 17.0 Å². The molecule has 7 nitrogen and oxygen atoms in total. The van der Waals surface area contributed by atoms with E-state index < -0.39 is 34.3 Å². The molecular weight excluding hydrogens is 504 g/mol. The number of carbonyl (C=O) groups excluding carboxylic acids is 2. The lowest BCUT2D eigenvalue weighted by atomic mass is 10.1. The molecule has 0 aliphatic heterocycles. The molecule has 0 aliphatic rings. The van der Waals surface area contributed by atoms with Crippen molar-refractivity contribution in [1.29, 1.82) is 0 Å². The van der Waals surface area contributed by atoms with Gasteiger partial charge in [-0.05, 0) is 62.2 Å². The van der Waals surface area contributed by atoms with Crippen LogP contribution in [0.15, 0.2) is 42.5 Å². The van der Waals surface area contributed by atoms with Gasteiger partial charge in [0.1, 0.15) is 18.4 Å². The van der Waals surface area contributed by atoms with Crippen LogP contribution in [0, 0.1) is 5.82 Å². The van der Waals surface area contributed by atoms with Gasteiger partial charge in [-0.15, -0.1) is 0 Å². The fourth-order valence-corrected chi connectivity index (χ4v) is 4.27. The van der Waals surface area contributed by atoms with E-state index in [2.05, 4.69) is 5.32 Å². The van der Waals surface area contributed by atoms with Crippen LogP contribution in [0.2, 0.25) is 10.0 Å². The number of amides is 2. The molecule has 0 saturated heterocycles. The van der Waals surface area contributed by atoms with Crippen LogP contribution in [0.3, 0.4) is 0 Å². The SMILES string of the molecule is CCC(C)NC(=O)C(C)N(Cc1ccc(Cl)c(Cl)c1)C(=O)CN(c1ccc(F)cc1)S(C)(=O)=O. The fraction of sp³-hybridized carbons (Fsp3) is 0.391. The van der Waals surface area contributed by atoms with Crippen LogP contribution in [-0.4, -0.2) is 50.0 Å². The highest BCUT2D eigenvalue weighted by atomic mass is 35.5. The maximum absolute atomic E-state index is 13.4. The molecule has 2 unspecified atom stereocenters. The van der Waals surface area contributed by atoms with Crippen molar-refractivity contribution in [2.75, 3.05) is 17.1 Å². The number of anilines is 1. The number of carbonyl (C=O) groups is 2. The molecule has 0 spiro atoms. The molecular formula is C23H28Cl2FN3O4S. The van der Waals surface area contributed by atoms with Crippen molar-refractivity contribution in [2.24, 2.45) is 0 Å². The van der Waals surface area contributed by atoms with Crippen molar-refractivity contribution in [3.63, 3.8) is 0 Å². The van der Waals surface area contributed by atoms with Crippen molar-refractivity contribution >= 4 is 50.7 Å². The summed E-state index contributed by atoms with van der Waals surface area (Å²) >= 11 is 12.1. The Morgan fingerprint density at radius 3 is 2.21 bits per heavy atom. The third kappa shape index (κ3) is 7.58. The first kappa shape index (κ1) is 27.9. The molecule has 0 radical (unpaired) electrons. The van der Waals surface area contributed by atoms with Gasteiger partial charge in [-0.3, -0.25) is 13.9 Å². The molecule has 0 bridgehead atoms. The maximum Gasteiger partial charge on any atom is 0.244 e. The van der Waals surface area contributed by atoms with Gasteiger partial charge in [0.2, 0.25) is 21.8 Å². The summed E-state index contributed by atoms with van der Waals surface area (Å²) < 4.78 is 39.1. The highest BCUT2D eigenvalue weighted by molar-refractivity contribution is 7.92. The summed E-state index contributed by atoms with van der Waals surface area (Å²) in [6, 6.07) is 8.56. The molecule has 0 saturated carbocycles. The molecule has 0 aromatic heterocycles. The summed E-state index contributed by atoms with van der Waals surface area (Å²) in [5.41, 5.74) is 0.738. The van der Waals surface area contributed by atoms with E-state index in [1.807, 2.05) is 13.8 Å². The van der Waals surface area contributed by atoms with Crippen LogP contribution in [0.25, 0.3) is 0 Å². The van der Waals surface area contributed by atoms with Gasteiger partial charge in [-0.25, -0.2) is 12.8 Å². The minimum absolute atomic E-state index is 0.00810. The Hall–Kier alpha value is -2.36. The standard InChI is InChI=1S/C23H28Cl2FN3O4S/c1-5-15(2)27-23(31)16(3)28(13-17-6-11-20(24)21(25)12-17)22(30)14-29(34(4,32)33)19-9-7-18(26)8-10-19/h6-12,15-16H,5,13-14H2,1-4H3,(H,27,31). The molecule has 2 atom stereocenters. The summed E-state index contributed by atoms with van der Waals surface area (Å²) in [4.78, 5) is 27.5. The molecule has 0 aliphatic carbocycles. The van der Waals surface area contributed by atoms with Crippen molar-refractivity contribution < 1.29 is 22.4 Å². The number of nitrogens with one attached hydrogen (secondary N) is 1. The minimum Gasteiger partial charge on any atom is -0.352 e. The summed E-state index contributed by atoms with van der Waals surface area (Å²) in [6.07, 6.45) is 1.65. The second-order valence-corrected chi connectivity index (χ2v) is 10.7. The number of benzene rings is 2. The molecule has 1 N–H and O–H groups in total. The second kappa shape index (κ2) is 11.9. The summed E-state index contributed by atoms with van der Waals surface area (Å²) in [5.74, 6) is -1.54. The summed E-state index contributed by atoms with van der Waals surface area (Å²) in [7, 11) is -3.89. The van der Waals surface area contributed by atoms with Crippen molar-refractivity contribution in [1.82, 2.24) is 10.2 Å². The van der Waals surface area contributed by atoms with Crippen LogP contribution in [0.5, 0.6) is 0 Å². The highest BCUT2D eigenvalue weighted by Crippen LogP contribution is 2.24. The Kier molecular flexibility index (Phi) is 9.73. The van der Waals surface area contributed by atoms with E-state index in [0.717, 1.165) is 22.7 Å². The van der Waals surface area contributed by atoms with Gasteiger partial charge in [0.25, 0.3) is 0 Å². The lowest BCUT2D eigenvalue weighted by Crippen LogP contribution is -2.52. The fourth-order valence-electron chi connectivity index (χ4n) is 3.10. The molecule has 2 aromatic rings. The zero-order valence-corrected chi connectivity index (χ0v) is 21.7. The predicted molar refractivity (Wildman–Crippen MR) is 133 cm³/mol. The monoisotopic (exact) mass is 531 g/mol. The molecule has 186 valence electrons. The maximum atomic E-state index is 13.4. The predicted octanol–water partition coefficient (Wildman–Crippen LogP) is 4.23. The third-order valence-corrected chi connectivity index (χ3v) is 7.18. The molecule has 2 amide bonds. The Morgan fingerprint density at radius 1 is 1.06 bits per heavy atom. The van der Waals surface area contributed by atoms with Crippen molar-refractivity contribution in [3.05, 3.63) is 63.9 Å². The average molecular weight is 532 g/mol. The lowest BCUT2D eigenvalue weighted by Gasteiger charge is -2.32. The van der Waals surface area contributed by atoms with Gasteiger partial charge in [0, 0.05) is 12.6 Å². The Labute approximate surface area is 209 Å². The number of hydrogen-bond donors (Lipinski definition) is 1. The molecule has 0 heterocycles. The topological polar surface area (TPSA) is 86.8 Å². The highest BCUT2D eigenvalue weighted by Gasteiger charge is 2.30. The van der Waals surface area contributed by atoms with Crippen molar-refractivity contribution in [3.8, 4) is 0 Å². The summed E-state index contributed by atoms with van der Waals surface area (Å²) in [6.45, 7) is 4.74. The first-order chi connectivity index (χ1) is 15.8. The van der Waals surface area contributed by atoms with Crippen LogP contribution in [0.4, 0.5) is 10.1 Å². The van der Waals surface area contributed by atoms with Crippen molar-refractivity contribution in [2.45, 2.75) is 45.8 Å². The minimum atomic E-state index is -3.89. The number of rotatable bonds is 10.